The lowest BCUT2D eigenvalue weighted by Crippen LogP contribution is -2.53. The van der Waals surface area contributed by atoms with E-state index in [2.05, 4.69) is 22.7 Å². The molecule has 0 aromatic heterocycles. The van der Waals surface area contributed by atoms with E-state index in [1.54, 1.807) is 0 Å². The first-order valence-corrected chi connectivity index (χ1v) is 7.43. The Morgan fingerprint density at radius 3 is 2.82 bits per heavy atom. The van der Waals surface area contributed by atoms with Crippen LogP contribution in [0, 0.1) is 0 Å². The maximum Gasteiger partial charge on any atom is 0.235 e. The Labute approximate surface area is 107 Å². The molecule has 2 fully saturated rings. The number of piperazine rings is 1. The number of carbonyl (C=O) groups excluding carboxylic acids is 1. The van der Waals surface area contributed by atoms with Gasteiger partial charge in [-0.3, -0.25) is 10.2 Å². The van der Waals surface area contributed by atoms with Gasteiger partial charge in [-0.25, -0.2) is 5.01 Å². The summed E-state index contributed by atoms with van der Waals surface area (Å²) < 4.78 is 0. The quantitative estimate of drug-likeness (QED) is 0.705. The molecular formula is C11H22N4OS. The Balaban J connectivity index is 1.66. The van der Waals surface area contributed by atoms with E-state index in [0.29, 0.717) is 12.5 Å². The van der Waals surface area contributed by atoms with Gasteiger partial charge in [-0.05, 0) is 7.05 Å². The predicted molar refractivity (Wildman–Crippen MR) is 70.9 cm³/mol. The lowest BCUT2D eigenvalue weighted by molar-refractivity contribution is -0.127. The third-order valence-electron chi connectivity index (χ3n) is 3.22. The second-order valence-corrected chi connectivity index (χ2v) is 5.91. The Kier molecular flexibility index (Phi) is 5.09. The Morgan fingerprint density at radius 2 is 2.18 bits per heavy atom. The second kappa shape index (κ2) is 6.58. The summed E-state index contributed by atoms with van der Waals surface area (Å²) in [6.45, 7) is 4.93. The summed E-state index contributed by atoms with van der Waals surface area (Å²) in [5.74, 6) is 2.36. The molecule has 1 unspecified atom stereocenters. The summed E-state index contributed by atoms with van der Waals surface area (Å²) in [5.41, 5.74) is 3.01. The van der Waals surface area contributed by atoms with Gasteiger partial charge in [0.1, 0.15) is 0 Å². The summed E-state index contributed by atoms with van der Waals surface area (Å²) in [6.07, 6.45) is 0.597. The van der Waals surface area contributed by atoms with E-state index in [9.17, 15) is 4.79 Å². The van der Waals surface area contributed by atoms with Crippen LogP contribution in [0.4, 0.5) is 0 Å². The number of hydrogen-bond donors (Lipinski definition) is 2. The van der Waals surface area contributed by atoms with E-state index in [4.69, 9.17) is 0 Å². The fourth-order valence-electron chi connectivity index (χ4n) is 2.11. The van der Waals surface area contributed by atoms with Crippen molar-refractivity contribution in [2.75, 3.05) is 51.3 Å². The van der Waals surface area contributed by atoms with Gasteiger partial charge in [0.2, 0.25) is 5.91 Å². The van der Waals surface area contributed by atoms with Crippen LogP contribution in [0.15, 0.2) is 0 Å². The Bertz CT molecular complexity index is 250. The summed E-state index contributed by atoms with van der Waals surface area (Å²) in [6, 6.07) is 0.348. The van der Waals surface area contributed by atoms with Crippen LogP contribution in [0.2, 0.25) is 0 Å². The minimum absolute atomic E-state index is 0.148. The monoisotopic (exact) mass is 258 g/mol. The molecule has 1 atom stereocenters. The molecule has 2 rings (SSSR count). The number of rotatable bonds is 3. The van der Waals surface area contributed by atoms with Crippen molar-refractivity contribution in [3.8, 4) is 0 Å². The van der Waals surface area contributed by atoms with Crippen molar-refractivity contribution in [1.29, 1.82) is 0 Å². The smallest absolute Gasteiger partial charge is 0.235 e. The maximum atomic E-state index is 11.8. The van der Waals surface area contributed by atoms with E-state index >= 15 is 0 Å². The molecule has 5 nitrogen and oxygen atoms in total. The lowest BCUT2D eigenvalue weighted by atomic mass is 10.2. The average molecular weight is 258 g/mol. The number of hydrogen-bond acceptors (Lipinski definition) is 5. The number of carbonyl (C=O) groups is 1. The zero-order valence-corrected chi connectivity index (χ0v) is 11.3. The third kappa shape index (κ3) is 4.46. The molecule has 2 aliphatic rings. The second-order valence-electron chi connectivity index (χ2n) is 4.76. The summed E-state index contributed by atoms with van der Waals surface area (Å²) in [4.78, 5) is 14.1. The van der Waals surface area contributed by atoms with Gasteiger partial charge in [-0.2, -0.15) is 11.8 Å². The van der Waals surface area contributed by atoms with Crippen LogP contribution in [-0.2, 0) is 4.79 Å². The highest BCUT2D eigenvalue weighted by molar-refractivity contribution is 7.99. The van der Waals surface area contributed by atoms with Gasteiger partial charge in [0.05, 0.1) is 0 Å². The molecule has 1 amide bonds. The average Bonchev–Trinajstić information content (AvgIpc) is 2.33. The van der Waals surface area contributed by atoms with Gasteiger partial charge in [-0.1, -0.05) is 0 Å². The molecule has 2 saturated heterocycles. The minimum atomic E-state index is 0.148. The molecule has 6 heteroatoms. The molecule has 2 heterocycles. The molecule has 0 aliphatic carbocycles. The first kappa shape index (κ1) is 13.1. The Morgan fingerprint density at radius 1 is 1.41 bits per heavy atom. The third-order valence-corrected chi connectivity index (χ3v) is 4.35. The number of hydrazine groups is 1. The summed E-state index contributed by atoms with van der Waals surface area (Å²) in [5, 5.41) is 5.43. The highest BCUT2D eigenvalue weighted by Crippen LogP contribution is 2.10. The lowest BCUT2D eigenvalue weighted by Gasteiger charge is -2.33. The first-order valence-electron chi connectivity index (χ1n) is 6.28. The Hall–Kier alpha value is -0.300. The molecule has 0 saturated carbocycles. The van der Waals surface area contributed by atoms with Crippen molar-refractivity contribution < 1.29 is 4.79 Å². The van der Waals surface area contributed by atoms with E-state index in [1.807, 2.05) is 16.8 Å². The number of nitrogens with zero attached hydrogens (tertiary/aromatic N) is 2. The number of thioether (sulfide) groups is 1. The predicted octanol–water partition coefficient (Wildman–Crippen LogP) is -0.640. The molecular weight excluding hydrogens is 236 g/mol. The van der Waals surface area contributed by atoms with Gasteiger partial charge in [0, 0.05) is 56.7 Å². The maximum absolute atomic E-state index is 11.8. The van der Waals surface area contributed by atoms with Crippen molar-refractivity contribution in [2.45, 2.75) is 12.5 Å². The zero-order valence-electron chi connectivity index (χ0n) is 10.4. The van der Waals surface area contributed by atoms with Crippen LogP contribution in [-0.4, -0.2) is 73.1 Å². The van der Waals surface area contributed by atoms with Crippen molar-refractivity contribution in [1.82, 2.24) is 20.7 Å². The van der Waals surface area contributed by atoms with Crippen LogP contribution in [0.3, 0.4) is 0 Å². The minimum Gasteiger partial charge on any atom is -0.312 e. The van der Waals surface area contributed by atoms with Crippen molar-refractivity contribution in [3.05, 3.63) is 0 Å². The summed E-state index contributed by atoms with van der Waals surface area (Å²) in [7, 11) is 2.11. The number of amides is 1. The molecule has 98 valence electrons. The molecule has 0 spiro atoms. The van der Waals surface area contributed by atoms with Gasteiger partial charge in [0.15, 0.2) is 0 Å². The van der Waals surface area contributed by atoms with Gasteiger partial charge < -0.3 is 10.2 Å². The van der Waals surface area contributed by atoms with E-state index < -0.39 is 0 Å². The van der Waals surface area contributed by atoms with E-state index in [-0.39, 0.29) is 5.91 Å². The van der Waals surface area contributed by atoms with Gasteiger partial charge >= 0.3 is 0 Å². The van der Waals surface area contributed by atoms with Crippen LogP contribution >= 0.6 is 11.8 Å². The van der Waals surface area contributed by atoms with E-state index in [1.165, 1.54) is 0 Å². The number of likely N-dealkylation sites (N-methyl/N-ethyl adjacent to an activating group) is 1. The molecule has 0 aromatic rings. The largest absolute Gasteiger partial charge is 0.312 e. The highest BCUT2D eigenvalue weighted by Gasteiger charge is 2.19. The number of nitrogens with one attached hydrogen (secondary N) is 2. The van der Waals surface area contributed by atoms with Crippen LogP contribution in [0.5, 0.6) is 0 Å². The van der Waals surface area contributed by atoms with Crippen LogP contribution in [0.25, 0.3) is 0 Å². The van der Waals surface area contributed by atoms with Crippen LogP contribution in [0.1, 0.15) is 6.42 Å². The molecule has 0 aromatic carbocycles. The molecule has 0 radical (unpaired) electrons. The first-order chi connectivity index (χ1) is 8.24. The topological polar surface area (TPSA) is 47.6 Å². The van der Waals surface area contributed by atoms with Crippen molar-refractivity contribution in [3.63, 3.8) is 0 Å². The highest BCUT2D eigenvalue weighted by atomic mass is 32.2. The van der Waals surface area contributed by atoms with E-state index in [0.717, 1.165) is 44.2 Å². The van der Waals surface area contributed by atoms with Crippen molar-refractivity contribution >= 4 is 17.7 Å². The van der Waals surface area contributed by atoms with Crippen LogP contribution < -0.4 is 10.7 Å². The molecule has 2 N–H and O–H groups in total. The molecule has 17 heavy (non-hydrogen) atoms. The zero-order chi connectivity index (χ0) is 12.1. The van der Waals surface area contributed by atoms with Crippen molar-refractivity contribution in [2.24, 2.45) is 0 Å². The SMILES string of the molecule is CN1CCN(NC(=O)CC2CSCCN2)CC1. The fourth-order valence-corrected chi connectivity index (χ4v) is 3.06. The summed E-state index contributed by atoms with van der Waals surface area (Å²) >= 11 is 1.93. The molecule has 2 aliphatic heterocycles. The van der Waals surface area contributed by atoms with Gasteiger partial charge in [-0.15, -0.1) is 0 Å². The fraction of sp³-hybridized carbons (Fsp3) is 0.909. The molecule has 0 bridgehead atoms. The standard InChI is InChI=1S/C11H22N4OS/c1-14-3-5-15(6-4-14)13-11(16)8-10-9-17-7-2-12-10/h10,12H,2-9H2,1H3,(H,13,16). The van der Waals surface area contributed by atoms with Gasteiger partial charge in [0.25, 0.3) is 0 Å². The normalized spacial score (nSPS) is 27.9.